The number of fused-ring (bicyclic) bond motifs is 3. The number of amides is 1. The van der Waals surface area contributed by atoms with Gasteiger partial charge in [-0.1, -0.05) is 29.5 Å². The molecule has 0 saturated heterocycles. The Hall–Kier alpha value is -3.42. The molecule has 2 fully saturated rings. The number of hydrogen-bond acceptors (Lipinski definition) is 8. The van der Waals surface area contributed by atoms with E-state index < -0.39 is 18.2 Å². The van der Waals surface area contributed by atoms with Crippen molar-refractivity contribution >= 4 is 39.1 Å². The van der Waals surface area contributed by atoms with E-state index in [1.807, 2.05) is 42.3 Å². The van der Waals surface area contributed by atoms with E-state index in [1.165, 1.54) is 0 Å². The highest BCUT2D eigenvalue weighted by Crippen LogP contribution is 2.48. The number of carbonyl (C=O) groups is 2. The summed E-state index contributed by atoms with van der Waals surface area (Å²) in [6.45, 7) is 1.73. The smallest absolute Gasteiger partial charge is 0.490 e. The Bertz CT molecular complexity index is 1490. The molecule has 0 radical (unpaired) electrons. The first-order valence-electron chi connectivity index (χ1n) is 13.9. The molecule has 1 heterocycles. The Balaban J connectivity index is 1.03. The molecule has 0 spiro atoms. The van der Waals surface area contributed by atoms with Crippen LogP contribution in [0.2, 0.25) is 0 Å². The summed E-state index contributed by atoms with van der Waals surface area (Å²) in [5.74, 6) is -2.46. The quantitative estimate of drug-likeness (QED) is 0.191. The highest BCUT2D eigenvalue weighted by atomic mass is 32.1. The van der Waals surface area contributed by atoms with Crippen LogP contribution in [0, 0.1) is 11.8 Å². The van der Waals surface area contributed by atoms with Crippen LogP contribution in [0.25, 0.3) is 10.2 Å². The zero-order chi connectivity index (χ0) is 30.0. The van der Waals surface area contributed by atoms with Crippen molar-refractivity contribution in [1.82, 2.24) is 15.2 Å². The number of phenols is 1. The third-order valence-corrected chi connectivity index (χ3v) is 9.26. The zero-order valence-electron chi connectivity index (χ0n) is 23.0. The van der Waals surface area contributed by atoms with Gasteiger partial charge in [0, 0.05) is 37.2 Å². The summed E-state index contributed by atoms with van der Waals surface area (Å²) in [6.07, 6.45) is -2.69. The number of alkyl halides is 3. The van der Waals surface area contributed by atoms with Crippen molar-refractivity contribution in [2.45, 2.75) is 57.0 Å². The number of aromatic amines is 1. The van der Waals surface area contributed by atoms with Gasteiger partial charge in [0.1, 0.15) is 17.4 Å². The topological polar surface area (TPSA) is 124 Å². The molecule has 5 rings (SSSR count). The van der Waals surface area contributed by atoms with Gasteiger partial charge in [-0.2, -0.15) is 13.2 Å². The monoisotopic (exact) mass is 606 g/mol. The van der Waals surface area contributed by atoms with E-state index in [0.29, 0.717) is 50.1 Å². The Morgan fingerprint density at radius 3 is 2.67 bits per heavy atom. The Morgan fingerprint density at radius 2 is 1.93 bits per heavy atom. The molecule has 2 aliphatic rings. The normalized spacial score (nSPS) is 21.7. The minimum atomic E-state index is -4.99. The van der Waals surface area contributed by atoms with Gasteiger partial charge in [0.25, 0.3) is 0 Å². The van der Waals surface area contributed by atoms with Crippen molar-refractivity contribution < 1.29 is 32.6 Å². The lowest BCUT2D eigenvalue weighted by Crippen LogP contribution is -2.40. The van der Waals surface area contributed by atoms with Crippen molar-refractivity contribution in [3.63, 3.8) is 0 Å². The number of thiazole rings is 1. The highest BCUT2D eigenvalue weighted by molar-refractivity contribution is 7.16. The van der Waals surface area contributed by atoms with Gasteiger partial charge in [-0.25, -0.2) is 4.79 Å². The van der Waals surface area contributed by atoms with Crippen molar-refractivity contribution in [3.8, 4) is 5.75 Å². The Kier molecular flexibility index (Phi) is 8.90. The van der Waals surface area contributed by atoms with Gasteiger partial charge >= 0.3 is 17.0 Å². The second kappa shape index (κ2) is 12.4. The number of ether oxygens (including phenoxy) is 1. The van der Waals surface area contributed by atoms with E-state index in [9.17, 15) is 32.7 Å². The van der Waals surface area contributed by atoms with Crippen LogP contribution in [0.15, 0.2) is 41.2 Å². The molecule has 226 valence electrons. The van der Waals surface area contributed by atoms with Gasteiger partial charge in [0.2, 0.25) is 5.91 Å². The zero-order valence-corrected chi connectivity index (χ0v) is 23.8. The second-order valence-corrected chi connectivity index (χ2v) is 12.0. The third-order valence-electron chi connectivity index (χ3n) is 8.31. The van der Waals surface area contributed by atoms with Gasteiger partial charge in [-0.05, 0) is 74.5 Å². The highest BCUT2D eigenvalue weighted by Gasteiger charge is 2.54. The van der Waals surface area contributed by atoms with E-state index in [1.54, 1.807) is 6.07 Å². The number of halogens is 3. The molecule has 42 heavy (non-hydrogen) atoms. The van der Waals surface area contributed by atoms with Gasteiger partial charge in [-0.15, -0.1) is 0 Å². The fourth-order valence-electron chi connectivity index (χ4n) is 6.21. The molecule has 0 aliphatic heterocycles. The summed E-state index contributed by atoms with van der Waals surface area (Å²) in [4.78, 5) is 40.1. The maximum absolute atomic E-state index is 12.7. The fraction of sp³-hybridized carbons (Fsp3) is 0.483. The number of rotatable bonds is 11. The summed E-state index contributed by atoms with van der Waals surface area (Å²) in [5.41, 5.74) is 3.15. The Labute approximate surface area is 244 Å². The van der Waals surface area contributed by atoms with Gasteiger partial charge in [0.15, 0.2) is 0 Å². The lowest BCUT2D eigenvalue weighted by Gasteiger charge is -2.31. The molecule has 2 saturated carbocycles. The molecule has 2 bridgehead atoms. The number of H-pyrrole nitrogens is 1. The molecule has 2 aliphatic carbocycles. The van der Waals surface area contributed by atoms with Crippen molar-refractivity contribution in [3.05, 3.63) is 57.2 Å². The van der Waals surface area contributed by atoms with Gasteiger partial charge in [0.05, 0.1) is 4.70 Å². The third kappa shape index (κ3) is 6.79. The predicted molar refractivity (Wildman–Crippen MR) is 152 cm³/mol. The number of benzene rings is 2. The molecule has 9 nitrogen and oxygen atoms in total. The van der Waals surface area contributed by atoms with Crippen LogP contribution < -0.4 is 15.5 Å². The summed E-state index contributed by atoms with van der Waals surface area (Å²) in [5, 5.41) is 16.2. The maximum atomic E-state index is 12.7. The van der Waals surface area contributed by atoms with Crippen LogP contribution in [-0.2, 0) is 27.3 Å². The first-order chi connectivity index (χ1) is 20.0. The molecule has 13 heteroatoms. The lowest BCUT2D eigenvalue weighted by molar-refractivity contribution is -0.207. The summed E-state index contributed by atoms with van der Waals surface area (Å²) >= 11 is 1.08. The van der Waals surface area contributed by atoms with Crippen LogP contribution in [-0.4, -0.2) is 65.3 Å². The summed E-state index contributed by atoms with van der Waals surface area (Å²) < 4.78 is 43.6. The molecule has 3 aromatic rings. The number of carbonyl (C=O) groups excluding carboxylic acids is 2. The molecule has 4 N–H and O–H groups in total. The molecule has 2 aromatic carbocycles. The molecular formula is C29H33F3N4O5S. The number of anilines is 1. The van der Waals surface area contributed by atoms with Crippen LogP contribution in [0.4, 0.5) is 18.9 Å². The number of aromatic nitrogens is 1. The number of nitrogens with one attached hydrogen (secondary N) is 3. The van der Waals surface area contributed by atoms with Crippen molar-refractivity contribution in [2.75, 3.05) is 25.5 Å². The van der Waals surface area contributed by atoms with Crippen molar-refractivity contribution in [1.29, 1.82) is 0 Å². The first kappa shape index (κ1) is 30.1. The van der Waals surface area contributed by atoms with Gasteiger partial charge in [-0.3, -0.25) is 9.59 Å². The molecule has 1 aromatic heterocycles. The Morgan fingerprint density at radius 1 is 1.17 bits per heavy atom. The average molecular weight is 607 g/mol. The van der Waals surface area contributed by atoms with Crippen LogP contribution in [0.5, 0.6) is 5.75 Å². The van der Waals surface area contributed by atoms with E-state index in [4.69, 9.17) is 4.74 Å². The van der Waals surface area contributed by atoms with E-state index in [0.717, 1.165) is 33.6 Å². The SMILES string of the molecule is CN(CCC(=O)Nc1ccc(CNCCc2ccc(O)c3[nH]c(=O)sc23)cc1)[C@H]1C[C@@H]2CC[C@H]1[C@@H]2OC(=O)C(F)(F)F. The minimum Gasteiger partial charge on any atom is -0.506 e. The molecule has 1 amide bonds. The van der Waals surface area contributed by atoms with Crippen LogP contribution >= 0.6 is 11.3 Å². The van der Waals surface area contributed by atoms with E-state index >= 15 is 0 Å². The summed E-state index contributed by atoms with van der Waals surface area (Å²) in [6, 6.07) is 10.9. The second-order valence-electron chi connectivity index (χ2n) is 11.0. The molecular weight excluding hydrogens is 573 g/mol. The lowest BCUT2D eigenvalue weighted by atomic mass is 9.94. The number of esters is 1. The number of phenolic OH excluding ortho intramolecular Hbond substituents is 1. The van der Waals surface area contributed by atoms with E-state index in [-0.39, 0.29) is 40.8 Å². The maximum Gasteiger partial charge on any atom is 0.490 e. The molecule has 4 atom stereocenters. The van der Waals surface area contributed by atoms with Crippen LogP contribution in [0.1, 0.15) is 36.8 Å². The standard InChI is InChI=1S/C29H33F3N4O5S/c1-36(21-14-18-4-8-20(21)25(18)41-27(39)29(30,31)32)13-11-23(38)34-19-6-2-16(3-7-19)15-33-12-10-17-5-9-22(37)24-26(17)42-28(40)35-24/h2-3,5-7,9,18,20-21,25,33,37H,4,8,10-15H2,1H3,(H,34,38)(H,35,40)/t18-,20+,21-,25+/m0/s1. The van der Waals surface area contributed by atoms with Crippen LogP contribution in [0.3, 0.4) is 0 Å². The van der Waals surface area contributed by atoms with Crippen molar-refractivity contribution in [2.24, 2.45) is 11.8 Å². The number of aromatic hydroxyl groups is 1. The van der Waals surface area contributed by atoms with Gasteiger partial charge < -0.3 is 30.4 Å². The van der Waals surface area contributed by atoms with E-state index in [2.05, 4.69) is 15.6 Å². The average Bonchev–Trinajstić information content (AvgIpc) is 3.63. The largest absolute Gasteiger partial charge is 0.506 e. The predicted octanol–water partition coefficient (Wildman–Crippen LogP) is 4.16. The fourth-order valence-corrected chi connectivity index (χ4v) is 7.11. The summed E-state index contributed by atoms with van der Waals surface area (Å²) in [7, 11) is 1.85. The molecule has 0 unspecified atom stereocenters. The minimum absolute atomic E-state index is 0.0257. The number of hydrogen-bond donors (Lipinski definition) is 4. The first-order valence-corrected chi connectivity index (χ1v) is 14.7. The number of nitrogens with zero attached hydrogens (tertiary/aromatic N) is 1.